The fraction of sp³-hybridized carbons (Fsp3) is 0.0222. The summed E-state index contributed by atoms with van der Waals surface area (Å²) < 4.78 is 12.7. The summed E-state index contributed by atoms with van der Waals surface area (Å²) >= 11 is 3.65. The lowest BCUT2D eigenvalue weighted by Gasteiger charge is -2.12. The number of thiophene rings is 2. The lowest BCUT2D eigenvalue weighted by molar-refractivity contribution is 0.653. The summed E-state index contributed by atoms with van der Waals surface area (Å²) in [6.07, 6.45) is 5.95. The van der Waals surface area contributed by atoms with Crippen molar-refractivity contribution in [2.75, 3.05) is 0 Å². The summed E-state index contributed by atoms with van der Waals surface area (Å²) in [6, 6.07) is 41.1. The van der Waals surface area contributed by atoms with E-state index in [2.05, 4.69) is 127 Å². The quantitative estimate of drug-likeness (QED) is 0.173. The third-order valence-corrected chi connectivity index (χ3v) is 12.4. The van der Waals surface area contributed by atoms with E-state index in [1.807, 2.05) is 35.6 Å². The average Bonchev–Trinajstić information content (AvgIpc) is 3.92. The van der Waals surface area contributed by atoms with Gasteiger partial charge < -0.3 is 4.42 Å². The van der Waals surface area contributed by atoms with Crippen LogP contribution in [0.5, 0.6) is 0 Å². The number of fused-ring (bicyclic) bond motifs is 14. The first kappa shape index (κ1) is 28.7. The number of benzene rings is 6. The van der Waals surface area contributed by atoms with Crippen molar-refractivity contribution < 1.29 is 4.42 Å². The molecule has 0 aliphatic carbocycles. The second kappa shape index (κ2) is 10.7. The Morgan fingerprint density at radius 3 is 2.22 bits per heavy atom. The number of aromatic nitrogens is 3. The van der Waals surface area contributed by atoms with Gasteiger partial charge in [0.1, 0.15) is 5.58 Å². The molecule has 0 saturated carbocycles. The van der Waals surface area contributed by atoms with Crippen LogP contribution in [-0.2, 0) is 0 Å². The largest absolute Gasteiger partial charge is 0.437 e. The van der Waals surface area contributed by atoms with E-state index in [0.29, 0.717) is 11.5 Å². The fourth-order valence-corrected chi connectivity index (χ4v) is 10.3. The summed E-state index contributed by atoms with van der Waals surface area (Å²) in [6.45, 7) is 6.06. The van der Waals surface area contributed by atoms with Gasteiger partial charge in [0, 0.05) is 52.2 Å². The second-order valence-corrected chi connectivity index (χ2v) is 15.3. The van der Waals surface area contributed by atoms with Crippen LogP contribution < -0.4 is 0 Å². The molecule has 4 nitrogen and oxygen atoms in total. The third kappa shape index (κ3) is 4.00. The van der Waals surface area contributed by atoms with E-state index in [9.17, 15) is 0 Å². The Balaban J connectivity index is 1.33. The van der Waals surface area contributed by atoms with E-state index >= 15 is 0 Å². The highest BCUT2D eigenvalue weighted by Crippen LogP contribution is 2.48. The number of hydrogen-bond donors (Lipinski definition) is 0. The molecule has 0 spiro atoms. The first-order chi connectivity index (χ1) is 25.2. The first-order valence-electron chi connectivity index (χ1n) is 17.0. The summed E-state index contributed by atoms with van der Waals surface area (Å²) in [5.41, 5.74) is 5.75. The Hall–Kier alpha value is -6.08. The van der Waals surface area contributed by atoms with Crippen molar-refractivity contribution in [3.63, 3.8) is 0 Å². The Labute approximate surface area is 299 Å². The zero-order chi connectivity index (χ0) is 33.8. The molecule has 51 heavy (non-hydrogen) atoms. The van der Waals surface area contributed by atoms with Crippen LogP contribution in [0.4, 0.5) is 0 Å². The van der Waals surface area contributed by atoms with Crippen LogP contribution in [0.1, 0.15) is 10.4 Å². The van der Waals surface area contributed by atoms with E-state index in [1.165, 1.54) is 62.2 Å². The smallest absolute Gasteiger partial charge is 0.233 e. The van der Waals surface area contributed by atoms with Crippen molar-refractivity contribution in [3.05, 3.63) is 144 Å². The summed E-state index contributed by atoms with van der Waals surface area (Å²) in [7, 11) is 0. The van der Waals surface area contributed by atoms with E-state index in [1.54, 1.807) is 11.3 Å². The van der Waals surface area contributed by atoms with E-state index < -0.39 is 0 Å². The molecule has 6 aromatic carbocycles. The van der Waals surface area contributed by atoms with Crippen molar-refractivity contribution in [2.45, 2.75) is 6.92 Å². The molecule has 0 aliphatic rings. The number of rotatable bonds is 4. The predicted octanol–water partition coefficient (Wildman–Crippen LogP) is 13.4. The predicted molar refractivity (Wildman–Crippen MR) is 219 cm³/mol. The van der Waals surface area contributed by atoms with Crippen molar-refractivity contribution in [2.24, 2.45) is 0 Å². The van der Waals surface area contributed by atoms with Gasteiger partial charge in [0.15, 0.2) is 11.6 Å². The number of hydrogen-bond acceptors (Lipinski definition) is 5. The maximum absolute atomic E-state index is 6.57. The monoisotopic (exact) mass is 689 g/mol. The topological polar surface area (TPSA) is 43.9 Å². The molecule has 5 heterocycles. The van der Waals surface area contributed by atoms with Crippen LogP contribution in [0, 0.1) is 6.92 Å². The van der Waals surface area contributed by atoms with Crippen LogP contribution >= 0.6 is 22.7 Å². The second-order valence-electron chi connectivity index (χ2n) is 13.0. The SMILES string of the molecule is C=C/C=C\c1c(C)sc2ccc(-c3nc(-n4c5ccccc5c5c6ccccc6c6c7ccccc7sc6c54)c4c(n3)oc3ccccc34)cc12. The minimum absolute atomic E-state index is 0.573. The van der Waals surface area contributed by atoms with Gasteiger partial charge in [-0.2, -0.15) is 4.98 Å². The summed E-state index contributed by atoms with van der Waals surface area (Å²) in [5, 5.41) is 10.6. The van der Waals surface area contributed by atoms with Gasteiger partial charge in [-0.15, -0.1) is 22.7 Å². The maximum Gasteiger partial charge on any atom is 0.233 e. The van der Waals surface area contributed by atoms with Crippen LogP contribution in [0.2, 0.25) is 0 Å². The van der Waals surface area contributed by atoms with E-state index in [0.717, 1.165) is 38.8 Å². The highest BCUT2D eigenvalue weighted by Gasteiger charge is 2.26. The molecule has 240 valence electrons. The molecule has 11 rings (SSSR count). The lowest BCUT2D eigenvalue weighted by Crippen LogP contribution is -2.02. The van der Waals surface area contributed by atoms with Gasteiger partial charge in [0.05, 0.1) is 21.1 Å². The van der Waals surface area contributed by atoms with Crippen molar-refractivity contribution in [1.29, 1.82) is 0 Å². The number of nitrogens with zero attached hydrogens (tertiary/aromatic N) is 3. The van der Waals surface area contributed by atoms with Crippen LogP contribution in [0.25, 0.3) is 108 Å². The van der Waals surface area contributed by atoms with Gasteiger partial charge >= 0.3 is 0 Å². The Bertz CT molecular complexity index is 3300. The normalized spacial score (nSPS) is 12.4. The Morgan fingerprint density at radius 2 is 1.37 bits per heavy atom. The number of aryl methyl sites for hydroxylation is 1. The molecule has 0 amide bonds. The molecule has 5 aromatic heterocycles. The zero-order valence-corrected chi connectivity index (χ0v) is 29.1. The minimum Gasteiger partial charge on any atom is -0.437 e. The Morgan fingerprint density at radius 1 is 0.667 bits per heavy atom. The summed E-state index contributed by atoms with van der Waals surface area (Å²) in [5.74, 6) is 1.44. The van der Waals surface area contributed by atoms with Crippen LogP contribution in [0.3, 0.4) is 0 Å². The molecule has 0 bridgehead atoms. The van der Waals surface area contributed by atoms with Gasteiger partial charge in [0.25, 0.3) is 0 Å². The van der Waals surface area contributed by atoms with Gasteiger partial charge in [-0.1, -0.05) is 104 Å². The molecule has 0 N–H and O–H groups in total. The molecular formula is C45H27N3OS2. The van der Waals surface area contributed by atoms with Gasteiger partial charge in [-0.3, -0.25) is 4.57 Å². The lowest BCUT2D eigenvalue weighted by atomic mass is 9.99. The molecule has 0 aliphatic heterocycles. The molecular weight excluding hydrogens is 663 g/mol. The fourth-order valence-electron chi connectivity index (χ4n) is 7.99. The molecule has 0 radical (unpaired) electrons. The zero-order valence-electron chi connectivity index (χ0n) is 27.5. The Kier molecular flexibility index (Phi) is 6.03. The molecule has 0 atom stereocenters. The average molecular weight is 690 g/mol. The van der Waals surface area contributed by atoms with Gasteiger partial charge in [-0.25, -0.2) is 4.98 Å². The number of furan rings is 1. The van der Waals surface area contributed by atoms with Crippen molar-refractivity contribution in [1.82, 2.24) is 14.5 Å². The molecule has 0 saturated heterocycles. The number of para-hydroxylation sites is 2. The van der Waals surface area contributed by atoms with Crippen LogP contribution in [0.15, 0.2) is 138 Å². The van der Waals surface area contributed by atoms with Crippen molar-refractivity contribution >= 4 is 114 Å². The van der Waals surface area contributed by atoms with E-state index in [4.69, 9.17) is 14.4 Å². The number of allylic oxidation sites excluding steroid dienone is 2. The van der Waals surface area contributed by atoms with Crippen molar-refractivity contribution in [3.8, 4) is 17.2 Å². The standard InChI is InChI=1S/C45H27N3OS2/c1-3-4-13-27-25(2)50-37-23-22-26(24-33(27)37)43-46-44(40-31-17-8-11-20-35(31)49-45(40)47-43)48-34-19-10-7-16-30(34)38-28-14-5-6-15-29(28)39-32-18-9-12-21-36(32)51-42(39)41(38)48/h3-24H,1H2,2H3/b13-4-. The molecule has 6 heteroatoms. The minimum atomic E-state index is 0.573. The third-order valence-electron chi connectivity index (χ3n) is 10.2. The van der Waals surface area contributed by atoms with Gasteiger partial charge in [-0.05, 0) is 59.7 Å². The first-order valence-corrected chi connectivity index (χ1v) is 18.6. The molecule has 11 aromatic rings. The van der Waals surface area contributed by atoms with E-state index in [-0.39, 0.29) is 0 Å². The highest BCUT2D eigenvalue weighted by atomic mass is 32.1. The van der Waals surface area contributed by atoms with Gasteiger partial charge in [0.2, 0.25) is 5.71 Å². The summed E-state index contributed by atoms with van der Waals surface area (Å²) in [4.78, 5) is 12.0. The molecule has 0 fully saturated rings. The van der Waals surface area contributed by atoms with Crippen LogP contribution in [-0.4, -0.2) is 14.5 Å². The molecule has 0 unspecified atom stereocenters. The highest BCUT2D eigenvalue weighted by molar-refractivity contribution is 7.27. The maximum atomic E-state index is 6.57.